The van der Waals surface area contributed by atoms with Gasteiger partial charge < -0.3 is 10.9 Å². The van der Waals surface area contributed by atoms with Crippen LogP contribution in [0.25, 0.3) is 0 Å². The molecule has 4 N–H and O–H groups in total. The fourth-order valence-electron chi connectivity index (χ4n) is 1.51. The molecule has 1 atom stereocenters. The predicted octanol–water partition coefficient (Wildman–Crippen LogP) is 2.32. The molecule has 0 saturated carbocycles. The van der Waals surface area contributed by atoms with Crippen molar-refractivity contribution in [2.75, 3.05) is 0 Å². The number of hydrogen-bond acceptors (Lipinski definition) is 4. The lowest BCUT2D eigenvalue weighted by Crippen LogP contribution is -2.44. The van der Waals surface area contributed by atoms with Gasteiger partial charge in [-0.05, 0) is 47.0 Å². The molecule has 6 nitrogen and oxygen atoms in total. The van der Waals surface area contributed by atoms with Crippen LogP contribution in [0, 0.1) is 6.92 Å². The molecule has 1 unspecified atom stereocenters. The normalized spacial score (nSPS) is 14.3. The zero-order valence-electron chi connectivity index (χ0n) is 10.9. The third kappa shape index (κ3) is 3.94. The van der Waals surface area contributed by atoms with Crippen LogP contribution in [0.5, 0.6) is 0 Å². The van der Waals surface area contributed by atoms with Crippen molar-refractivity contribution >= 4 is 47.7 Å². The number of amidine groups is 1. The average Bonchev–Trinajstić information content (AvgIpc) is 2.39. The Bertz CT molecular complexity index is 632. The van der Waals surface area contributed by atoms with E-state index in [9.17, 15) is 8.42 Å². The van der Waals surface area contributed by atoms with E-state index in [2.05, 4.69) is 41.7 Å². The van der Waals surface area contributed by atoms with Gasteiger partial charge in [-0.2, -0.15) is 0 Å². The minimum absolute atomic E-state index is 0.0826. The first-order valence-corrected chi connectivity index (χ1v) is 8.75. The first kappa shape index (κ1) is 17.4. The Hall–Kier alpha value is -0.640. The molecular formula is C11H15Br2N3O3S. The smallest absolute Gasteiger partial charge is 0.242 e. The molecule has 9 heteroatoms. The minimum Gasteiger partial charge on any atom is -0.409 e. The lowest BCUT2D eigenvalue weighted by Gasteiger charge is -2.16. The Morgan fingerprint density at radius 3 is 2.55 bits per heavy atom. The number of hydrogen-bond donors (Lipinski definition) is 3. The topological polar surface area (TPSA) is 105 Å². The van der Waals surface area contributed by atoms with Crippen LogP contribution in [0.15, 0.2) is 31.1 Å². The molecule has 0 bridgehead atoms. The van der Waals surface area contributed by atoms with Gasteiger partial charge in [-0.3, -0.25) is 0 Å². The van der Waals surface area contributed by atoms with Crippen molar-refractivity contribution in [3.8, 4) is 0 Å². The number of aryl methyl sites for hydroxylation is 1. The summed E-state index contributed by atoms with van der Waals surface area (Å²) in [4.78, 5) is 0.0826. The summed E-state index contributed by atoms with van der Waals surface area (Å²) in [7, 11) is -3.80. The summed E-state index contributed by atoms with van der Waals surface area (Å²) in [5.74, 6) is -0.182. The predicted molar refractivity (Wildman–Crippen MR) is 84.4 cm³/mol. The maximum Gasteiger partial charge on any atom is 0.242 e. The number of halogens is 2. The number of nitrogens with one attached hydrogen (secondary N) is 1. The maximum atomic E-state index is 12.4. The summed E-state index contributed by atoms with van der Waals surface area (Å²) in [6.07, 6.45) is 0.361. The second kappa shape index (κ2) is 6.88. The van der Waals surface area contributed by atoms with E-state index in [0.29, 0.717) is 15.4 Å². The molecule has 0 fully saturated rings. The van der Waals surface area contributed by atoms with Gasteiger partial charge in [0.15, 0.2) is 5.84 Å². The van der Waals surface area contributed by atoms with Crippen molar-refractivity contribution in [2.24, 2.45) is 10.9 Å². The van der Waals surface area contributed by atoms with Crippen LogP contribution in [0.3, 0.4) is 0 Å². The average molecular weight is 429 g/mol. The van der Waals surface area contributed by atoms with Gasteiger partial charge in [-0.25, -0.2) is 13.1 Å². The zero-order chi connectivity index (χ0) is 15.5. The van der Waals surface area contributed by atoms with Gasteiger partial charge >= 0.3 is 0 Å². The Balaban J connectivity index is 3.21. The number of oxime groups is 1. The SMILES string of the molecule is CCC(NS(=O)(=O)c1cc(Br)c(C)cc1Br)/C(N)=N/O. The molecule has 20 heavy (non-hydrogen) atoms. The van der Waals surface area contributed by atoms with E-state index in [-0.39, 0.29) is 10.7 Å². The van der Waals surface area contributed by atoms with Crippen LogP contribution in [-0.4, -0.2) is 25.5 Å². The zero-order valence-corrected chi connectivity index (χ0v) is 14.9. The van der Waals surface area contributed by atoms with E-state index in [1.807, 2.05) is 6.92 Å². The van der Waals surface area contributed by atoms with Gasteiger partial charge in [0.25, 0.3) is 0 Å². The molecule has 0 aliphatic rings. The molecule has 112 valence electrons. The lowest BCUT2D eigenvalue weighted by atomic mass is 10.2. The minimum atomic E-state index is -3.80. The first-order chi connectivity index (χ1) is 9.22. The number of rotatable bonds is 5. The van der Waals surface area contributed by atoms with Gasteiger partial charge in [0.05, 0.1) is 10.9 Å². The van der Waals surface area contributed by atoms with Gasteiger partial charge in [-0.15, -0.1) is 0 Å². The van der Waals surface area contributed by atoms with Crippen LogP contribution in [0.4, 0.5) is 0 Å². The summed E-state index contributed by atoms with van der Waals surface area (Å²) in [6, 6.07) is 2.43. The Kier molecular flexibility index (Phi) is 5.99. The molecule has 0 radical (unpaired) electrons. The van der Waals surface area contributed by atoms with Crippen LogP contribution < -0.4 is 10.5 Å². The van der Waals surface area contributed by atoms with Crippen molar-refractivity contribution in [3.05, 3.63) is 26.6 Å². The molecule has 0 saturated heterocycles. The molecule has 0 heterocycles. The molecule has 0 aliphatic carbocycles. The van der Waals surface area contributed by atoms with E-state index in [1.54, 1.807) is 13.0 Å². The lowest BCUT2D eigenvalue weighted by molar-refractivity contribution is 0.315. The van der Waals surface area contributed by atoms with Crippen molar-refractivity contribution in [2.45, 2.75) is 31.2 Å². The van der Waals surface area contributed by atoms with E-state index in [0.717, 1.165) is 5.56 Å². The molecule has 1 aromatic carbocycles. The first-order valence-electron chi connectivity index (χ1n) is 5.68. The molecule has 1 rings (SSSR count). The van der Waals surface area contributed by atoms with E-state index >= 15 is 0 Å². The monoisotopic (exact) mass is 427 g/mol. The van der Waals surface area contributed by atoms with E-state index in [4.69, 9.17) is 10.9 Å². The van der Waals surface area contributed by atoms with Crippen molar-refractivity contribution < 1.29 is 13.6 Å². The Morgan fingerprint density at radius 2 is 2.05 bits per heavy atom. The van der Waals surface area contributed by atoms with Gasteiger partial charge in [0.1, 0.15) is 0 Å². The second-order valence-electron chi connectivity index (χ2n) is 4.14. The van der Waals surface area contributed by atoms with Crippen LogP contribution in [0.2, 0.25) is 0 Å². The quantitative estimate of drug-likeness (QED) is 0.289. The summed E-state index contributed by atoms with van der Waals surface area (Å²) < 4.78 is 28.2. The van der Waals surface area contributed by atoms with Crippen molar-refractivity contribution in [1.29, 1.82) is 0 Å². The second-order valence-corrected chi connectivity index (χ2v) is 7.53. The van der Waals surface area contributed by atoms with Gasteiger partial charge in [0, 0.05) is 8.95 Å². The molecule has 0 spiro atoms. The molecular weight excluding hydrogens is 414 g/mol. The summed E-state index contributed by atoms with van der Waals surface area (Å²) in [6.45, 7) is 3.58. The van der Waals surface area contributed by atoms with Crippen LogP contribution in [0.1, 0.15) is 18.9 Å². The summed E-state index contributed by atoms with van der Waals surface area (Å²) >= 11 is 6.53. The Labute approximate surface area is 134 Å². The highest BCUT2D eigenvalue weighted by molar-refractivity contribution is 9.11. The third-order valence-corrected chi connectivity index (χ3v) is 5.97. The highest BCUT2D eigenvalue weighted by atomic mass is 79.9. The summed E-state index contributed by atoms with van der Waals surface area (Å²) in [5, 5.41) is 11.5. The van der Waals surface area contributed by atoms with E-state index in [1.165, 1.54) is 6.07 Å². The van der Waals surface area contributed by atoms with Gasteiger partial charge in [0.2, 0.25) is 10.0 Å². The summed E-state index contributed by atoms with van der Waals surface area (Å²) in [5.41, 5.74) is 6.36. The maximum absolute atomic E-state index is 12.4. The molecule has 0 aliphatic heterocycles. The van der Waals surface area contributed by atoms with Crippen molar-refractivity contribution in [3.63, 3.8) is 0 Å². The number of nitrogens with two attached hydrogens (primary N) is 1. The number of benzene rings is 1. The Morgan fingerprint density at radius 1 is 1.45 bits per heavy atom. The number of nitrogens with zero attached hydrogens (tertiary/aromatic N) is 1. The largest absolute Gasteiger partial charge is 0.409 e. The van der Waals surface area contributed by atoms with Crippen LogP contribution in [-0.2, 0) is 10.0 Å². The van der Waals surface area contributed by atoms with Crippen molar-refractivity contribution in [1.82, 2.24) is 4.72 Å². The van der Waals surface area contributed by atoms with Crippen LogP contribution >= 0.6 is 31.9 Å². The standard InChI is InChI=1S/C11H15Br2N3O3S/c1-3-9(11(14)15-17)16-20(18,19)10-5-7(12)6(2)4-8(10)13/h4-5,9,16-17H,3H2,1-2H3,(H2,14,15). The number of sulfonamides is 1. The molecule has 0 amide bonds. The highest BCUT2D eigenvalue weighted by Gasteiger charge is 2.24. The fraction of sp³-hybridized carbons (Fsp3) is 0.364. The fourth-order valence-corrected chi connectivity index (χ4v) is 4.48. The van der Waals surface area contributed by atoms with E-state index < -0.39 is 16.1 Å². The highest BCUT2D eigenvalue weighted by Crippen LogP contribution is 2.28. The van der Waals surface area contributed by atoms with Gasteiger partial charge in [-0.1, -0.05) is 28.0 Å². The molecule has 0 aromatic heterocycles. The third-order valence-electron chi connectivity index (χ3n) is 2.68. The molecule has 1 aromatic rings.